The SMILES string of the molecule is CC(c1nccs1)N1CCC(=O)NC1=O. The largest absolute Gasteiger partial charge is 0.324 e. The van der Waals surface area contributed by atoms with Crippen molar-refractivity contribution in [3.8, 4) is 0 Å². The van der Waals surface area contributed by atoms with E-state index in [1.54, 1.807) is 11.1 Å². The highest BCUT2D eigenvalue weighted by atomic mass is 32.1. The molecule has 2 rings (SSSR count). The monoisotopic (exact) mass is 225 g/mol. The fraction of sp³-hybridized carbons (Fsp3) is 0.444. The average molecular weight is 225 g/mol. The van der Waals surface area contributed by atoms with Crippen molar-refractivity contribution in [2.45, 2.75) is 19.4 Å². The predicted molar refractivity (Wildman–Crippen MR) is 55.4 cm³/mol. The van der Waals surface area contributed by atoms with Crippen LogP contribution in [0.2, 0.25) is 0 Å². The molecule has 2 heterocycles. The van der Waals surface area contributed by atoms with Gasteiger partial charge in [0.2, 0.25) is 5.91 Å². The number of amides is 3. The molecule has 1 fully saturated rings. The predicted octanol–water partition coefficient (Wildman–Crippen LogP) is 1.15. The van der Waals surface area contributed by atoms with Crippen LogP contribution in [-0.4, -0.2) is 28.4 Å². The minimum atomic E-state index is -0.325. The molecule has 3 amide bonds. The van der Waals surface area contributed by atoms with Gasteiger partial charge in [-0.05, 0) is 6.92 Å². The highest BCUT2D eigenvalue weighted by Crippen LogP contribution is 2.23. The molecular weight excluding hydrogens is 214 g/mol. The second kappa shape index (κ2) is 3.98. The molecule has 1 atom stereocenters. The quantitative estimate of drug-likeness (QED) is 0.821. The van der Waals surface area contributed by atoms with Crippen molar-refractivity contribution in [3.05, 3.63) is 16.6 Å². The van der Waals surface area contributed by atoms with E-state index < -0.39 is 0 Å². The number of nitrogens with zero attached hydrogens (tertiary/aromatic N) is 2. The van der Waals surface area contributed by atoms with Crippen LogP contribution in [0, 0.1) is 0 Å². The summed E-state index contributed by atoms with van der Waals surface area (Å²) in [6.07, 6.45) is 2.07. The van der Waals surface area contributed by atoms with E-state index in [1.165, 1.54) is 11.3 Å². The van der Waals surface area contributed by atoms with Crippen molar-refractivity contribution >= 4 is 23.3 Å². The van der Waals surface area contributed by atoms with Gasteiger partial charge in [0, 0.05) is 24.5 Å². The standard InChI is InChI=1S/C9H11N3O2S/c1-6(8-10-3-5-15-8)12-4-2-7(13)11-9(12)14/h3,5-6H,2,4H2,1H3,(H,11,13,14). The topological polar surface area (TPSA) is 62.3 Å². The number of hydrogen-bond donors (Lipinski definition) is 1. The van der Waals surface area contributed by atoms with Gasteiger partial charge in [-0.15, -0.1) is 11.3 Å². The second-order valence-corrected chi connectivity index (χ2v) is 4.27. The number of nitrogens with one attached hydrogen (secondary N) is 1. The van der Waals surface area contributed by atoms with Crippen LogP contribution in [0.3, 0.4) is 0 Å². The highest BCUT2D eigenvalue weighted by Gasteiger charge is 2.28. The van der Waals surface area contributed by atoms with Crippen LogP contribution in [0.15, 0.2) is 11.6 Å². The van der Waals surface area contributed by atoms with Crippen LogP contribution < -0.4 is 5.32 Å². The summed E-state index contributed by atoms with van der Waals surface area (Å²) in [5.74, 6) is -0.206. The molecule has 6 heteroatoms. The lowest BCUT2D eigenvalue weighted by atomic mass is 10.2. The van der Waals surface area contributed by atoms with Gasteiger partial charge in [-0.3, -0.25) is 10.1 Å². The molecule has 1 aromatic rings. The third-order valence-corrected chi connectivity index (χ3v) is 3.31. The third-order valence-electron chi connectivity index (χ3n) is 2.36. The first kappa shape index (κ1) is 10.1. The molecule has 15 heavy (non-hydrogen) atoms. The molecule has 1 unspecified atom stereocenters. The Kier molecular flexibility index (Phi) is 2.68. The molecule has 0 aromatic carbocycles. The summed E-state index contributed by atoms with van der Waals surface area (Å²) in [5.41, 5.74) is 0. The van der Waals surface area contributed by atoms with E-state index in [2.05, 4.69) is 10.3 Å². The zero-order chi connectivity index (χ0) is 10.8. The molecule has 0 bridgehead atoms. The molecule has 1 aromatic heterocycles. The number of rotatable bonds is 2. The number of aromatic nitrogens is 1. The molecule has 0 spiro atoms. The molecule has 1 N–H and O–H groups in total. The fourth-order valence-electron chi connectivity index (χ4n) is 1.52. The van der Waals surface area contributed by atoms with Crippen LogP contribution in [0.25, 0.3) is 0 Å². The molecule has 0 saturated carbocycles. The van der Waals surface area contributed by atoms with Crippen molar-refractivity contribution in [1.82, 2.24) is 15.2 Å². The summed E-state index contributed by atoms with van der Waals surface area (Å²) in [6, 6.07) is -0.396. The molecule has 1 aliphatic heterocycles. The first-order chi connectivity index (χ1) is 7.18. The summed E-state index contributed by atoms with van der Waals surface area (Å²) >= 11 is 1.51. The van der Waals surface area contributed by atoms with Gasteiger partial charge in [-0.1, -0.05) is 0 Å². The molecule has 1 saturated heterocycles. The molecule has 0 radical (unpaired) electrons. The van der Waals surface area contributed by atoms with Gasteiger partial charge in [0.05, 0.1) is 6.04 Å². The van der Waals surface area contributed by atoms with E-state index in [1.807, 2.05) is 12.3 Å². The first-order valence-corrected chi connectivity index (χ1v) is 5.56. The van der Waals surface area contributed by atoms with Crippen LogP contribution in [0.4, 0.5) is 4.79 Å². The van der Waals surface area contributed by atoms with Gasteiger partial charge in [0.1, 0.15) is 5.01 Å². The van der Waals surface area contributed by atoms with E-state index in [0.29, 0.717) is 13.0 Å². The summed E-state index contributed by atoms with van der Waals surface area (Å²) in [7, 11) is 0. The van der Waals surface area contributed by atoms with Crippen LogP contribution in [0.1, 0.15) is 24.4 Å². The summed E-state index contributed by atoms with van der Waals surface area (Å²) in [4.78, 5) is 28.3. The zero-order valence-electron chi connectivity index (χ0n) is 8.27. The number of thiazole rings is 1. The minimum Gasteiger partial charge on any atom is -0.315 e. The number of hydrogen-bond acceptors (Lipinski definition) is 4. The van der Waals surface area contributed by atoms with Gasteiger partial charge in [-0.2, -0.15) is 0 Å². The van der Waals surface area contributed by atoms with Gasteiger partial charge >= 0.3 is 6.03 Å². The minimum absolute atomic E-state index is 0.0712. The molecule has 5 nitrogen and oxygen atoms in total. The lowest BCUT2D eigenvalue weighted by Crippen LogP contribution is -2.50. The zero-order valence-corrected chi connectivity index (χ0v) is 9.08. The Balaban J connectivity index is 2.11. The third kappa shape index (κ3) is 1.99. The Morgan fingerprint density at radius 3 is 3.00 bits per heavy atom. The van der Waals surface area contributed by atoms with Crippen LogP contribution in [-0.2, 0) is 4.79 Å². The molecule has 80 valence electrons. The van der Waals surface area contributed by atoms with Gasteiger partial charge < -0.3 is 4.90 Å². The van der Waals surface area contributed by atoms with E-state index in [9.17, 15) is 9.59 Å². The first-order valence-electron chi connectivity index (χ1n) is 4.68. The Morgan fingerprint density at radius 1 is 1.60 bits per heavy atom. The summed E-state index contributed by atoms with van der Waals surface area (Å²) in [5, 5.41) is 5.06. The maximum absolute atomic E-state index is 11.5. The highest BCUT2D eigenvalue weighted by molar-refractivity contribution is 7.09. The number of carbonyl (C=O) groups is 2. The molecular formula is C9H11N3O2S. The van der Waals surface area contributed by atoms with E-state index in [4.69, 9.17) is 0 Å². The Hall–Kier alpha value is -1.43. The molecule has 1 aliphatic rings. The lowest BCUT2D eigenvalue weighted by Gasteiger charge is -2.30. The summed E-state index contributed by atoms with van der Waals surface area (Å²) < 4.78 is 0. The number of carbonyl (C=O) groups excluding carboxylic acids is 2. The van der Waals surface area contributed by atoms with Gasteiger partial charge in [0.25, 0.3) is 0 Å². The van der Waals surface area contributed by atoms with Crippen molar-refractivity contribution in [2.24, 2.45) is 0 Å². The van der Waals surface area contributed by atoms with E-state index >= 15 is 0 Å². The maximum atomic E-state index is 11.5. The van der Waals surface area contributed by atoms with Crippen molar-refractivity contribution in [1.29, 1.82) is 0 Å². The molecule has 0 aliphatic carbocycles. The van der Waals surface area contributed by atoms with Crippen LogP contribution in [0.5, 0.6) is 0 Å². The number of imide groups is 1. The smallest absolute Gasteiger partial charge is 0.315 e. The van der Waals surface area contributed by atoms with Crippen molar-refractivity contribution in [2.75, 3.05) is 6.54 Å². The van der Waals surface area contributed by atoms with Gasteiger partial charge in [0.15, 0.2) is 0 Å². The van der Waals surface area contributed by atoms with Crippen LogP contribution >= 0.6 is 11.3 Å². The lowest BCUT2D eigenvalue weighted by molar-refractivity contribution is -0.121. The maximum Gasteiger partial charge on any atom is 0.324 e. The van der Waals surface area contributed by atoms with E-state index in [-0.39, 0.29) is 18.0 Å². The van der Waals surface area contributed by atoms with Crippen molar-refractivity contribution in [3.63, 3.8) is 0 Å². The number of urea groups is 1. The van der Waals surface area contributed by atoms with Crippen molar-refractivity contribution < 1.29 is 9.59 Å². The van der Waals surface area contributed by atoms with E-state index in [0.717, 1.165) is 5.01 Å². The Bertz CT molecular complexity index is 377. The normalized spacial score (nSPS) is 18.9. The second-order valence-electron chi connectivity index (χ2n) is 3.34. The average Bonchev–Trinajstić information content (AvgIpc) is 2.69. The Labute approximate surface area is 91.1 Å². The Morgan fingerprint density at radius 2 is 2.40 bits per heavy atom. The fourth-order valence-corrected chi connectivity index (χ4v) is 2.23. The summed E-state index contributed by atoms with van der Waals surface area (Å²) in [6.45, 7) is 2.37. The van der Waals surface area contributed by atoms with Gasteiger partial charge in [-0.25, -0.2) is 9.78 Å².